The van der Waals surface area contributed by atoms with E-state index >= 15 is 0 Å². The molecule has 0 aliphatic heterocycles. The molecule has 1 aromatic heterocycles. The molecule has 3 aromatic carbocycles. The number of fused-ring (bicyclic) bond motifs is 1. The average molecular weight is 437 g/mol. The van der Waals surface area contributed by atoms with E-state index in [1.165, 1.54) is 24.3 Å². The number of rotatable bonds is 6. The molecule has 0 amide bonds. The van der Waals surface area contributed by atoms with Crippen LogP contribution >= 0.6 is 0 Å². The predicted octanol–water partition coefficient (Wildman–Crippen LogP) is 4.41. The van der Waals surface area contributed by atoms with E-state index in [0.717, 1.165) is 5.56 Å². The highest BCUT2D eigenvalue weighted by atomic mass is 32.2. The van der Waals surface area contributed by atoms with E-state index < -0.39 is 20.8 Å². The van der Waals surface area contributed by atoms with Gasteiger partial charge in [0.1, 0.15) is 5.58 Å². The molecule has 1 atom stereocenters. The van der Waals surface area contributed by atoms with Crippen LogP contribution in [0.4, 0.5) is 5.69 Å². The van der Waals surface area contributed by atoms with E-state index in [-0.39, 0.29) is 27.0 Å². The lowest BCUT2D eigenvalue weighted by molar-refractivity contribution is 0.484. The van der Waals surface area contributed by atoms with Gasteiger partial charge in [0, 0.05) is 11.5 Å². The first kappa shape index (κ1) is 19.9. The molecule has 8 heteroatoms. The van der Waals surface area contributed by atoms with Gasteiger partial charge in [-0.25, -0.2) is 0 Å². The average Bonchev–Trinajstić information content (AvgIpc) is 3.19. The Kier molecular flexibility index (Phi) is 5.40. The van der Waals surface area contributed by atoms with Crippen molar-refractivity contribution in [1.82, 2.24) is 0 Å². The van der Waals surface area contributed by atoms with Gasteiger partial charge in [-0.3, -0.25) is 8.93 Å². The molecule has 30 heavy (non-hydrogen) atoms. The quantitative estimate of drug-likeness (QED) is 0.482. The van der Waals surface area contributed by atoms with Gasteiger partial charge in [-0.2, -0.15) is 13.7 Å². The number of sulfonamides is 1. The number of para-hydroxylation sites is 1. The molecule has 0 spiro atoms. The zero-order valence-electron chi connectivity index (χ0n) is 15.6. The van der Waals surface area contributed by atoms with Crippen molar-refractivity contribution < 1.29 is 17.0 Å². The lowest BCUT2D eigenvalue weighted by Crippen LogP contribution is -2.14. The second kappa shape index (κ2) is 8.14. The number of hydrogen-bond donors (Lipinski definition) is 1. The summed E-state index contributed by atoms with van der Waals surface area (Å²) < 4.78 is 46.7. The summed E-state index contributed by atoms with van der Waals surface area (Å²) in [6.45, 7) is 0. The lowest BCUT2D eigenvalue weighted by Gasteiger charge is -2.12. The highest BCUT2D eigenvalue weighted by Gasteiger charge is 2.23. The standard InChI is InChI=1S/C22H16N2O4S2/c23-14-17-10-11-21(29(25)15-16-6-2-1-3-7-16)19(12-17)24-30(26,27)22-13-18-8-4-5-9-20(18)28-22/h1-13,24H,15H2. The van der Waals surface area contributed by atoms with Crippen LogP contribution in [0.3, 0.4) is 0 Å². The van der Waals surface area contributed by atoms with Crippen LogP contribution in [0.1, 0.15) is 11.1 Å². The van der Waals surface area contributed by atoms with E-state index in [9.17, 15) is 17.9 Å². The zero-order chi connectivity index (χ0) is 21.1. The van der Waals surface area contributed by atoms with Crippen molar-refractivity contribution in [2.75, 3.05) is 4.72 Å². The fraction of sp³-hybridized carbons (Fsp3) is 0.0455. The molecule has 6 nitrogen and oxygen atoms in total. The maximum atomic E-state index is 13.0. The molecular weight excluding hydrogens is 420 g/mol. The fourth-order valence-electron chi connectivity index (χ4n) is 2.97. The van der Waals surface area contributed by atoms with Crippen molar-refractivity contribution in [3.8, 4) is 6.07 Å². The molecule has 0 saturated carbocycles. The summed E-state index contributed by atoms with van der Waals surface area (Å²) in [5, 5.41) is 9.61. The van der Waals surface area contributed by atoms with Crippen LogP contribution in [-0.4, -0.2) is 12.6 Å². The molecule has 0 aliphatic rings. The minimum Gasteiger partial charge on any atom is -0.443 e. The Morgan fingerprint density at radius 3 is 2.43 bits per heavy atom. The molecule has 1 heterocycles. The number of nitrogens with zero attached hydrogens (tertiary/aromatic N) is 1. The van der Waals surface area contributed by atoms with Crippen LogP contribution in [0.2, 0.25) is 0 Å². The van der Waals surface area contributed by atoms with Gasteiger partial charge in [-0.05, 0) is 29.8 Å². The summed E-state index contributed by atoms with van der Waals surface area (Å²) in [7, 11) is -5.62. The Morgan fingerprint density at radius 1 is 0.967 bits per heavy atom. The molecule has 4 aromatic rings. The molecule has 0 bridgehead atoms. The van der Waals surface area contributed by atoms with Crippen LogP contribution in [-0.2, 0) is 26.6 Å². The lowest BCUT2D eigenvalue weighted by atomic mass is 10.2. The van der Waals surface area contributed by atoms with Gasteiger partial charge >= 0.3 is 0 Å². The molecule has 1 N–H and O–H groups in total. The van der Waals surface area contributed by atoms with Crippen LogP contribution in [0.5, 0.6) is 0 Å². The second-order valence-corrected chi connectivity index (χ2v) is 9.54. The smallest absolute Gasteiger partial charge is 0.295 e. The van der Waals surface area contributed by atoms with Gasteiger partial charge in [-0.15, -0.1) is 0 Å². The Hall–Kier alpha value is -3.41. The number of furan rings is 1. The summed E-state index contributed by atoms with van der Waals surface area (Å²) in [4.78, 5) is 0.289. The fourth-order valence-corrected chi connectivity index (χ4v) is 5.30. The summed E-state index contributed by atoms with van der Waals surface area (Å²) in [6.07, 6.45) is 0. The monoisotopic (exact) mass is 436 g/mol. The summed E-state index contributed by atoms with van der Waals surface area (Å²) in [6, 6.07) is 24.0. The third-order valence-electron chi connectivity index (χ3n) is 4.41. The second-order valence-electron chi connectivity index (χ2n) is 6.51. The number of nitrogens with one attached hydrogen (secondary N) is 1. The SMILES string of the molecule is N#Cc1ccc(S(=O)Cc2ccccc2)c(NS(=O)(=O)c2cc3ccccc3o2)c1. The first-order valence-corrected chi connectivity index (χ1v) is 11.7. The van der Waals surface area contributed by atoms with Gasteiger partial charge < -0.3 is 4.42 Å². The predicted molar refractivity (Wildman–Crippen MR) is 115 cm³/mol. The molecule has 1 unspecified atom stereocenters. The maximum absolute atomic E-state index is 13.0. The summed E-state index contributed by atoms with van der Waals surface area (Å²) in [5.41, 5.74) is 1.63. The normalized spacial score (nSPS) is 12.4. The number of nitriles is 1. The maximum Gasteiger partial charge on any atom is 0.295 e. The van der Waals surface area contributed by atoms with Crippen molar-refractivity contribution >= 4 is 37.5 Å². The highest BCUT2D eigenvalue weighted by Crippen LogP contribution is 2.28. The Balaban J connectivity index is 1.70. The van der Waals surface area contributed by atoms with Crippen LogP contribution in [0.25, 0.3) is 11.0 Å². The van der Waals surface area contributed by atoms with E-state index in [1.54, 1.807) is 24.3 Å². The molecule has 0 aliphatic carbocycles. The van der Waals surface area contributed by atoms with Crippen molar-refractivity contribution in [2.24, 2.45) is 0 Å². The first-order valence-electron chi connectivity index (χ1n) is 8.94. The van der Waals surface area contributed by atoms with E-state index in [4.69, 9.17) is 4.42 Å². The van der Waals surface area contributed by atoms with Crippen molar-refractivity contribution in [3.05, 3.63) is 90.0 Å². The largest absolute Gasteiger partial charge is 0.443 e. The minimum atomic E-state index is -4.09. The Labute approximate surface area is 176 Å². The highest BCUT2D eigenvalue weighted by molar-refractivity contribution is 7.92. The first-order chi connectivity index (χ1) is 14.5. The molecular formula is C22H16N2O4S2. The molecule has 0 fully saturated rings. The van der Waals surface area contributed by atoms with Gasteiger partial charge in [0.2, 0.25) is 5.09 Å². The van der Waals surface area contributed by atoms with Crippen molar-refractivity contribution in [3.63, 3.8) is 0 Å². The number of anilines is 1. The van der Waals surface area contributed by atoms with Crippen molar-refractivity contribution in [1.29, 1.82) is 5.26 Å². The Bertz CT molecular complexity index is 1350. The van der Waals surface area contributed by atoms with E-state index in [1.807, 2.05) is 36.4 Å². The summed E-state index contributed by atoms with van der Waals surface area (Å²) in [5.74, 6) is 0.214. The van der Waals surface area contributed by atoms with Crippen LogP contribution < -0.4 is 4.72 Å². The summed E-state index contributed by atoms with van der Waals surface area (Å²) >= 11 is 0. The van der Waals surface area contributed by atoms with Crippen LogP contribution in [0, 0.1) is 11.3 Å². The van der Waals surface area contributed by atoms with Gasteiger partial charge in [0.15, 0.2) is 0 Å². The number of benzene rings is 3. The topological polar surface area (TPSA) is 100 Å². The van der Waals surface area contributed by atoms with Crippen LogP contribution in [0.15, 0.2) is 93.3 Å². The number of hydrogen-bond acceptors (Lipinski definition) is 5. The van der Waals surface area contributed by atoms with E-state index in [2.05, 4.69) is 4.72 Å². The van der Waals surface area contributed by atoms with Gasteiger partial charge in [0.05, 0.1) is 38.8 Å². The molecule has 0 saturated heterocycles. The molecule has 4 rings (SSSR count). The Morgan fingerprint density at radius 2 is 1.70 bits per heavy atom. The van der Waals surface area contributed by atoms with Crippen molar-refractivity contribution in [2.45, 2.75) is 15.7 Å². The van der Waals surface area contributed by atoms with Gasteiger partial charge in [0.25, 0.3) is 10.0 Å². The molecule has 0 radical (unpaired) electrons. The van der Waals surface area contributed by atoms with E-state index in [0.29, 0.717) is 11.0 Å². The molecule has 150 valence electrons. The zero-order valence-corrected chi connectivity index (χ0v) is 17.2. The van der Waals surface area contributed by atoms with Gasteiger partial charge in [-0.1, -0.05) is 48.5 Å². The third kappa shape index (κ3) is 4.13. The minimum absolute atomic E-state index is 0.0868. The third-order valence-corrected chi connectivity index (χ3v) is 7.07.